The maximum atomic E-state index is 11.1. The quantitative estimate of drug-likeness (QED) is 0.211. The van der Waals surface area contributed by atoms with Gasteiger partial charge in [0, 0.05) is 28.0 Å². The molecule has 35 heavy (non-hydrogen) atoms. The van der Waals surface area contributed by atoms with Crippen LogP contribution >= 0.6 is 0 Å². The van der Waals surface area contributed by atoms with Crippen LogP contribution in [0.25, 0.3) is 28.4 Å². The molecule has 4 aromatic carbocycles. The molecule has 5 aromatic rings. The first-order valence-corrected chi connectivity index (χ1v) is 11.0. The fourth-order valence-corrected chi connectivity index (χ4v) is 3.96. The Morgan fingerprint density at radius 3 is 1.97 bits per heavy atom. The number of fused-ring (bicyclic) bond motifs is 1. The standard InChI is InChI=1S/C30H20N2O3/c31-20-24(30(33)34)17-21-11-12-23-19-29(35-28(23)18-21)22-13-15-27(16-14-22)32(25-7-3-1-4-8-25)26-9-5-2-6-10-26/h1-19H,(H,33,34). The SMILES string of the molecule is N#CC(=Cc1ccc2cc(-c3ccc(N(c4ccccc4)c4ccccc4)cc3)oc2c1)C(=O)O. The van der Waals surface area contributed by atoms with Crippen molar-refractivity contribution in [1.29, 1.82) is 5.26 Å². The van der Waals surface area contributed by atoms with Crippen LogP contribution in [0.1, 0.15) is 5.56 Å². The van der Waals surface area contributed by atoms with E-state index in [2.05, 4.69) is 41.3 Å². The van der Waals surface area contributed by atoms with E-state index < -0.39 is 5.97 Å². The van der Waals surface area contributed by atoms with E-state index in [1.165, 1.54) is 6.08 Å². The first-order valence-electron chi connectivity index (χ1n) is 11.0. The fourth-order valence-electron chi connectivity index (χ4n) is 3.96. The van der Waals surface area contributed by atoms with Gasteiger partial charge in [-0.1, -0.05) is 48.5 Å². The molecule has 0 atom stereocenters. The van der Waals surface area contributed by atoms with E-state index in [9.17, 15) is 4.79 Å². The van der Waals surface area contributed by atoms with E-state index in [1.54, 1.807) is 18.2 Å². The summed E-state index contributed by atoms with van der Waals surface area (Å²) in [5.41, 5.74) is 4.96. The molecule has 1 N–H and O–H groups in total. The van der Waals surface area contributed by atoms with Gasteiger partial charge in [0.05, 0.1) is 0 Å². The molecular formula is C30H20N2O3. The lowest BCUT2D eigenvalue weighted by Gasteiger charge is -2.25. The number of carboxylic acid groups (broad SMARTS) is 1. The number of anilines is 3. The summed E-state index contributed by atoms with van der Waals surface area (Å²) in [5.74, 6) is -0.551. The zero-order chi connectivity index (χ0) is 24.2. The summed E-state index contributed by atoms with van der Waals surface area (Å²) in [6.45, 7) is 0. The Hall–Kier alpha value is -5.08. The third kappa shape index (κ3) is 4.54. The molecule has 0 saturated heterocycles. The minimum Gasteiger partial charge on any atom is -0.477 e. The van der Waals surface area contributed by atoms with Crippen molar-refractivity contribution in [2.75, 3.05) is 4.90 Å². The van der Waals surface area contributed by atoms with Crippen LogP contribution in [0, 0.1) is 11.3 Å². The van der Waals surface area contributed by atoms with Crippen molar-refractivity contribution in [2.45, 2.75) is 0 Å². The lowest BCUT2D eigenvalue weighted by molar-refractivity contribution is -0.132. The normalized spacial score (nSPS) is 11.2. The molecule has 0 saturated carbocycles. The number of nitriles is 1. The molecule has 1 aromatic heterocycles. The molecule has 1 heterocycles. The van der Waals surface area contributed by atoms with Gasteiger partial charge in [-0.25, -0.2) is 4.79 Å². The van der Waals surface area contributed by atoms with E-state index in [0.717, 1.165) is 28.0 Å². The zero-order valence-electron chi connectivity index (χ0n) is 18.6. The van der Waals surface area contributed by atoms with E-state index in [1.807, 2.05) is 60.7 Å². The highest BCUT2D eigenvalue weighted by atomic mass is 16.4. The fraction of sp³-hybridized carbons (Fsp3) is 0. The number of aliphatic carboxylic acids is 1. The summed E-state index contributed by atoms with van der Waals surface area (Å²) in [5, 5.41) is 19.0. The average molecular weight is 457 g/mol. The van der Waals surface area contributed by atoms with E-state index in [-0.39, 0.29) is 5.57 Å². The number of benzene rings is 4. The molecule has 0 bridgehead atoms. The number of para-hydroxylation sites is 2. The molecule has 0 radical (unpaired) electrons. The van der Waals surface area contributed by atoms with Crippen LogP contribution in [-0.4, -0.2) is 11.1 Å². The first kappa shape index (κ1) is 21.7. The Balaban J connectivity index is 1.48. The van der Waals surface area contributed by atoms with Crippen molar-refractivity contribution in [1.82, 2.24) is 0 Å². The second-order valence-electron chi connectivity index (χ2n) is 7.94. The largest absolute Gasteiger partial charge is 0.477 e. The minimum atomic E-state index is -1.26. The van der Waals surface area contributed by atoms with Crippen LogP contribution in [0.15, 0.2) is 119 Å². The van der Waals surface area contributed by atoms with Gasteiger partial charge in [-0.3, -0.25) is 0 Å². The molecule has 0 aliphatic carbocycles. The van der Waals surface area contributed by atoms with Crippen molar-refractivity contribution in [2.24, 2.45) is 0 Å². The summed E-state index contributed by atoms with van der Waals surface area (Å²) >= 11 is 0. The van der Waals surface area contributed by atoms with Gasteiger partial charge in [-0.2, -0.15) is 5.26 Å². The number of furan rings is 1. The molecule has 0 spiro atoms. The second-order valence-corrected chi connectivity index (χ2v) is 7.94. The maximum Gasteiger partial charge on any atom is 0.346 e. The topological polar surface area (TPSA) is 77.5 Å². The summed E-state index contributed by atoms with van der Waals surface area (Å²) in [6, 6.07) is 37.6. The first-order chi connectivity index (χ1) is 17.1. The molecular weight excluding hydrogens is 436 g/mol. The highest BCUT2D eigenvalue weighted by molar-refractivity contribution is 5.97. The highest BCUT2D eigenvalue weighted by Crippen LogP contribution is 2.36. The van der Waals surface area contributed by atoms with Crippen LogP contribution < -0.4 is 4.90 Å². The Morgan fingerprint density at radius 1 is 0.800 bits per heavy atom. The maximum absolute atomic E-state index is 11.1. The number of hydrogen-bond acceptors (Lipinski definition) is 4. The molecule has 5 heteroatoms. The van der Waals surface area contributed by atoms with Crippen molar-refractivity contribution < 1.29 is 14.3 Å². The van der Waals surface area contributed by atoms with Crippen molar-refractivity contribution in [3.8, 4) is 17.4 Å². The number of rotatable bonds is 6. The number of carbonyl (C=O) groups is 1. The third-order valence-corrected chi connectivity index (χ3v) is 5.64. The minimum absolute atomic E-state index is 0.326. The van der Waals surface area contributed by atoms with E-state index in [4.69, 9.17) is 14.8 Å². The smallest absolute Gasteiger partial charge is 0.346 e. The zero-order valence-corrected chi connectivity index (χ0v) is 18.6. The third-order valence-electron chi connectivity index (χ3n) is 5.64. The Morgan fingerprint density at radius 2 is 1.40 bits per heavy atom. The van der Waals surface area contributed by atoms with Crippen LogP contribution in [0.3, 0.4) is 0 Å². The van der Waals surface area contributed by atoms with Crippen LogP contribution in [0.5, 0.6) is 0 Å². The van der Waals surface area contributed by atoms with Gasteiger partial charge in [0.1, 0.15) is 23.0 Å². The predicted molar refractivity (Wildman–Crippen MR) is 138 cm³/mol. The number of carboxylic acids is 1. The Kier molecular flexibility index (Phi) is 5.85. The Labute approximate surface area is 202 Å². The molecule has 0 aliphatic heterocycles. The number of hydrogen-bond donors (Lipinski definition) is 1. The molecule has 168 valence electrons. The van der Waals surface area contributed by atoms with E-state index >= 15 is 0 Å². The summed E-state index contributed by atoms with van der Waals surface area (Å²) in [7, 11) is 0. The van der Waals surface area contributed by atoms with Gasteiger partial charge in [-0.15, -0.1) is 0 Å². The van der Waals surface area contributed by atoms with Gasteiger partial charge in [0.15, 0.2) is 0 Å². The van der Waals surface area contributed by atoms with Crippen LogP contribution in [0.4, 0.5) is 17.1 Å². The van der Waals surface area contributed by atoms with Crippen LogP contribution in [0.2, 0.25) is 0 Å². The van der Waals surface area contributed by atoms with Gasteiger partial charge in [0.25, 0.3) is 0 Å². The molecule has 5 nitrogen and oxygen atoms in total. The van der Waals surface area contributed by atoms with Gasteiger partial charge < -0.3 is 14.4 Å². The lowest BCUT2D eigenvalue weighted by Crippen LogP contribution is -2.09. The number of nitrogens with zero attached hydrogens (tertiary/aromatic N) is 2. The average Bonchev–Trinajstić information content (AvgIpc) is 3.32. The monoisotopic (exact) mass is 456 g/mol. The molecule has 5 rings (SSSR count). The molecule has 0 aliphatic rings. The summed E-state index contributed by atoms with van der Waals surface area (Å²) in [6.07, 6.45) is 1.33. The summed E-state index contributed by atoms with van der Waals surface area (Å²) in [4.78, 5) is 13.3. The lowest BCUT2D eigenvalue weighted by atomic mass is 10.1. The van der Waals surface area contributed by atoms with Gasteiger partial charge in [-0.05, 0) is 72.3 Å². The van der Waals surface area contributed by atoms with Gasteiger partial charge >= 0.3 is 5.97 Å². The highest BCUT2D eigenvalue weighted by Gasteiger charge is 2.13. The molecule has 0 amide bonds. The van der Waals surface area contributed by atoms with Crippen LogP contribution in [-0.2, 0) is 4.79 Å². The van der Waals surface area contributed by atoms with Crippen molar-refractivity contribution >= 4 is 40.1 Å². The summed E-state index contributed by atoms with van der Waals surface area (Å²) < 4.78 is 6.07. The van der Waals surface area contributed by atoms with E-state index in [0.29, 0.717) is 16.9 Å². The second kappa shape index (κ2) is 9.42. The Bertz CT molecular complexity index is 1520. The van der Waals surface area contributed by atoms with Gasteiger partial charge in [0.2, 0.25) is 0 Å². The predicted octanol–water partition coefficient (Wildman–Crippen LogP) is 7.56. The van der Waals surface area contributed by atoms with Crippen molar-refractivity contribution in [3.63, 3.8) is 0 Å². The molecule has 0 fully saturated rings. The molecule has 0 unspecified atom stereocenters. The van der Waals surface area contributed by atoms with Crippen molar-refractivity contribution in [3.05, 3.63) is 120 Å².